The molecule has 1 aliphatic rings. The van der Waals surface area contributed by atoms with Crippen LogP contribution in [-0.2, 0) is 10.0 Å². The van der Waals surface area contributed by atoms with Gasteiger partial charge >= 0.3 is 5.69 Å². The minimum Gasteiger partial charge on any atom is -0.488 e. The normalized spacial score (nSPS) is 19.0. The fourth-order valence-electron chi connectivity index (χ4n) is 2.66. The Bertz CT molecular complexity index is 710. The Morgan fingerprint density at radius 2 is 2.22 bits per heavy atom. The van der Waals surface area contributed by atoms with Crippen molar-refractivity contribution in [1.29, 1.82) is 0 Å². The minimum absolute atomic E-state index is 0.160. The quantitative estimate of drug-likeness (QED) is 0.608. The second-order valence-corrected chi connectivity index (χ2v) is 7.23. The van der Waals surface area contributed by atoms with E-state index >= 15 is 0 Å². The molecule has 0 spiro atoms. The molecule has 0 aromatic heterocycles. The first-order chi connectivity index (χ1) is 10.8. The summed E-state index contributed by atoms with van der Waals surface area (Å²) in [6, 6.07) is 1.59. The van der Waals surface area contributed by atoms with Gasteiger partial charge in [0.05, 0.1) is 16.9 Å². The zero-order chi connectivity index (χ0) is 17.2. The zero-order valence-electron chi connectivity index (χ0n) is 12.8. The maximum atomic E-state index is 14.0. The molecule has 0 amide bonds. The fraction of sp³-hybridized carbons (Fsp3) is 0.538. The van der Waals surface area contributed by atoms with Gasteiger partial charge in [-0.15, -0.1) is 0 Å². The number of benzene rings is 1. The average molecular weight is 347 g/mol. The topological polar surface area (TPSA) is 102 Å². The van der Waals surface area contributed by atoms with Crippen LogP contribution in [0.15, 0.2) is 17.0 Å². The van der Waals surface area contributed by atoms with Gasteiger partial charge in [0.1, 0.15) is 0 Å². The summed E-state index contributed by atoms with van der Waals surface area (Å²) < 4.78 is 45.0. The van der Waals surface area contributed by atoms with Crippen molar-refractivity contribution in [2.75, 3.05) is 33.8 Å². The van der Waals surface area contributed by atoms with Crippen molar-refractivity contribution in [3.63, 3.8) is 0 Å². The van der Waals surface area contributed by atoms with E-state index in [1.165, 1.54) is 4.31 Å². The molecule has 1 fully saturated rings. The van der Waals surface area contributed by atoms with Crippen molar-refractivity contribution < 1.29 is 22.5 Å². The van der Waals surface area contributed by atoms with Crippen molar-refractivity contribution in [2.24, 2.45) is 5.92 Å². The number of ether oxygens (including phenoxy) is 1. The van der Waals surface area contributed by atoms with Gasteiger partial charge in [-0.05, 0) is 32.0 Å². The molecule has 1 aliphatic heterocycles. The smallest absolute Gasteiger partial charge is 0.315 e. The highest BCUT2D eigenvalue weighted by Gasteiger charge is 2.34. The molecule has 1 unspecified atom stereocenters. The van der Waals surface area contributed by atoms with Crippen molar-refractivity contribution >= 4 is 15.7 Å². The van der Waals surface area contributed by atoms with E-state index in [0.29, 0.717) is 26.1 Å². The summed E-state index contributed by atoms with van der Waals surface area (Å²) in [7, 11) is -1.13. The SMILES string of the molecule is CNCC1CCN(S(=O)(=O)c2cc(F)c(OC)c([N+](=O)[O-])c2)C1. The molecule has 8 nitrogen and oxygen atoms in total. The van der Waals surface area contributed by atoms with Gasteiger partial charge in [0, 0.05) is 19.2 Å². The Morgan fingerprint density at radius 3 is 2.78 bits per heavy atom. The van der Waals surface area contributed by atoms with Gasteiger partial charge in [-0.2, -0.15) is 4.31 Å². The van der Waals surface area contributed by atoms with E-state index in [-0.39, 0.29) is 5.92 Å². The lowest BCUT2D eigenvalue weighted by Gasteiger charge is -2.17. The molecule has 128 valence electrons. The lowest BCUT2D eigenvalue weighted by molar-refractivity contribution is -0.386. The number of nitro benzene ring substituents is 1. The van der Waals surface area contributed by atoms with Gasteiger partial charge in [-0.25, -0.2) is 12.8 Å². The predicted octanol–water partition coefficient (Wildman–Crippen LogP) is 0.973. The lowest BCUT2D eigenvalue weighted by atomic mass is 10.1. The molecule has 2 rings (SSSR count). The highest BCUT2D eigenvalue weighted by molar-refractivity contribution is 7.89. The third-order valence-electron chi connectivity index (χ3n) is 3.78. The van der Waals surface area contributed by atoms with Crippen molar-refractivity contribution in [1.82, 2.24) is 9.62 Å². The monoisotopic (exact) mass is 347 g/mol. The van der Waals surface area contributed by atoms with Crippen LogP contribution in [0.5, 0.6) is 5.75 Å². The Labute approximate surface area is 133 Å². The van der Waals surface area contributed by atoms with E-state index in [9.17, 15) is 22.9 Å². The second-order valence-electron chi connectivity index (χ2n) is 5.29. The first-order valence-corrected chi connectivity index (χ1v) is 8.42. The molecule has 0 bridgehead atoms. The first-order valence-electron chi connectivity index (χ1n) is 6.98. The Kier molecular flexibility index (Phi) is 5.17. The highest BCUT2D eigenvalue weighted by Crippen LogP contribution is 2.34. The van der Waals surface area contributed by atoms with Crippen LogP contribution in [0, 0.1) is 21.8 Å². The van der Waals surface area contributed by atoms with E-state index in [4.69, 9.17) is 0 Å². The van der Waals surface area contributed by atoms with Crippen molar-refractivity contribution in [2.45, 2.75) is 11.3 Å². The molecule has 0 aliphatic carbocycles. The second kappa shape index (κ2) is 6.77. The fourth-order valence-corrected chi connectivity index (χ4v) is 4.23. The summed E-state index contributed by atoms with van der Waals surface area (Å²) >= 11 is 0. The molecular weight excluding hydrogens is 329 g/mol. The number of hydrogen-bond acceptors (Lipinski definition) is 6. The molecule has 0 radical (unpaired) electrons. The molecule has 23 heavy (non-hydrogen) atoms. The molecule has 1 N–H and O–H groups in total. The molecule has 0 saturated carbocycles. The van der Waals surface area contributed by atoms with Gasteiger partial charge in [0.15, 0.2) is 5.82 Å². The number of methoxy groups -OCH3 is 1. The summed E-state index contributed by atoms with van der Waals surface area (Å²) in [5, 5.41) is 14.0. The molecule has 1 saturated heterocycles. The van der Waals surface area contributed by atoms with Crippen LogP contribution in [0.1, 0.15) is 6.42 Å². The third-order valence-corrected chi connectivity index (χ3v) is 5.62. The van der Waals surface area contributed by atoms with E-state index < -0.39 is 37.1 Å². The van der Waals surface area contributed by atoms with E-state index in [1.54, 1.807) is 7.05 Å². The number of nitrogens with one attached hydrogen (secondary N) is 1. The standard InChI is InChI=1S/C13H18FN3O5S/c1-15-7-9-3-4-16(8-9)23(20,21)10-5-11(14)13(22-2)12(6-10)17(18)19/h5-6,9,15H,3-4,7-8H2,1-2H3. The summed E-state index contributed by atoms with van der Waals surface area (Å²) in [6.07, 6.45) is 0.681. The Hall–Kier alpha value is -1.78. The van der Waals surface area contributed by atoms with Crippen LogP contribution in [-0.4, -0.2) is 51.4 Å². The van der Waals surface area contributed by atoms with Gasteiger partial charge in [0.2, 0.25) is 15.8 Å². The van der Waals surface area contributed by atoms with Crippen molar-refractivity contribution in [3.05, 3.63) is 28.1 Å². The summed E-state index contributed by atoms with van der Waals surface area (Å²) in [4.78, 5) is 9.71. The Balaban J connectivity index is 2.39. The summed E-state index contributed by atoms with van der Waals surface area (Å²) in [6.45, 7) is 1.27. The van der Waals surface area contributed by atoms with Crippen LogP contribution < -0.4 is 10.1 Å². The molecule has 1 aromatic rings. The number of nitrogens with zero attached hydrogens (tertiary/aromatic N) is 2. The zero-order valence-corrected chi connectivity index (χ0v) is 13.6. The van der Waals surface area contributed by atoms with Crippen LogP contribution in [0.25, 0.3) is 0 Å². The number of rotatable bonds is 6. The van der Waals surface area contributed by atoms with Crippen molar-refractivity contribution in [3.8, 4) is 5.75 Å². The number of sulfonamides is 1. The van der Waals surface area contributed by atoms with Gasteiger partial charge in [0.25, 0.3) is 0 Å². The number of halogens is 1. The third kappa shape index (κ3) is 3.43. The number of hydrogen-bond donors (Lipinski definition) is 1. The maximum absolute atomic E-state index is 14.0. The average Bonchev–Trinajstić information content (AvgIpc) is 2.96. The molecule has 1 atom stereocenters. The van der Waals surface area contributed by atoms with Crippen LogP contribution in [0.4, 0.5) is 10.1 Å². The van der Waals surface area contributed by atoms with Crippen LogP contribution in [0.2, 0.25) is 0 Å². The van der Waals surface area contributed by atoms with Crippen LogP contribution >= 0.6 is 0 Å². The highest BCUT2D eigenvalue weighted by atomic mass is 32.2. The molecule has 1 aromatic carbocycles. The minimum atomic E-state index is -3.99. The lowest BCUT2D eigenvalue weighted by Crippen LogP contribution is -2.30. The predicted molar refractivity (Wildman–Crippen MR) is 80.4 cm³/mol. The Morgan fingerprint density at radius 1 is 1.52 bits per heavy atom. The largest absolute Gasteiger partial charge is 0.488 e. The van der Waals surface area contributed by atoms with Gasteiger partial charge < -0.3 is 10.1 Å². The molecular formula is C13H18FN3O5S. The first kappa shape index (κ1) is 17.6. The van der Waals surface area contributed by atoms with Gasteiger partial charge in [-0.3, -0.25) is 10.1 Å². The molecule has 10 heteroatoms. The summed E-state index contributed by atoms with van der Waals surface area (Å²) in [5.41, 5.74) is -0.711. The number of nitro groups is 1. The van der Waals surface area contributed by atoms with E-state index in [1.807, 2.05) is 0 Å². The van der Waals surface area contributed by atoms with Crippen LogP contribution in [0.3, 0.4) is 0 Å². The summed E-state index contributed by atoms with van der Waals surface area (Å²) in [5.74, 6) is -1.50. The van der Waals surface area contributed by atoms with E-state index in [0.717, 1.165) is 19.2 Å². The molecule has 1 heterocycles. The maximum Gasteiger partial charge on any atom is 0.315 e. The van der Waals surface area contributed by atoms with Gasteiger partial charge in [-0.1, -0.05) is 0 Å². The van der Waals surface area contributed by atoms with E-state index in [2.05, 4.69) is 10.1 Å².